The van der Waals surface area contributed by atoms with Gasteiger partial charge in [0.1, 0.15) is 5.75 Å². The summed E-state index contributed by atoms with van der Waals surface area (Å²) < 4.78 is 43.0. The third-order valence-electron chi connectivity index (χ3n) is 8.30. The van der Waals surface area contributed by atoms with Gasteiger partial charge in [-0.15, -0.1) is 0 Å². The SMILES string of the molecule is O=C(NCCN1CCCC1)c1cccc(-c2cccc(CN(CCc3ccc(OC(=O)C(F)(F)F)cc3)C(=O)Cc3cccc(Br)c3)c2)c1. The van der Waals surface area contributed by atoms with E-state index in [0.717, 1.165) is 51.9 Å². The lowest BCUT2D eigenvalue weighted by Gasteiger charge is -2.24. The van der Waals surface area contributed by atoms with Crippen molar-refractivity contribution in [3.63, 3.8) is 0 Å². The second kappa shape index (κ2) is 16.8. The van der Waals surface area contributed by atoms with Gasteiger partial charge in [0.05, 0.1) is 6.42 Å². The average Bonchev–Trinajstić information content (AvgIpc) is 3.60. The fourth-order valence-corrected chi connectivity index (χ4v) is 6.17. The molecule has 4 aromatic carbocycles. The van der Waals surface area contributed by atoms with Crippen LogP contribution in [-0.2, 0) is 29.0 Å². The molecule has 1 heterocycles. The number of halogens is 4. The Bertz CT molecular complexity index is 1760. The Hall–Kier alpha value is -4.48. The summed E-state index contributed by atoms with van der Waals surface area (Å²) in [6.07, 6.45) is -2.07. The topological polar surface area (TPSA) is 79.0 Å². The van der Waals surface area contributed by atoms with Gasteiger partial charge in [0.15, 0.2) is 0 Å². The molecule has 5 rings (SSSR count). The molecule has 1 fully saturated rings. The van der Waals surface area contributed by atoms with E-state index in [0.29, 0.717) is 31.6 Å². The van der Waals surface area contributed by atoms with Gasteiger partial charge in [0.25, 0.3) is 5.91 Å². The second-order valence-corrected chi connectivity index (χ2v) is 12.9. The van der Waals surface area contributed by atoms with E-state index in [1.54, 1.807) is 23.1 Å². The molecule has 0 atom stereocenters. The molecule has 0 aliphatic carbocycles. The molecule has 4 aromatic rings. The Morgan fingerprint density at radius 2 is 1.49 bits per heavy atom. The average molecular weight is 737 g/mol. The van der Waals surface area contributed by atoms with Crippen molar-refractivity contribution >= 4 is 33.7 Å². The highest BCUT2D eigenvalue weighted by atomic mass is 79.9. The first-order valence-electron chi connectivity index (χ1n) is 16.1. The number of nitrogens with zero attached hydrogens (tertiary/aromatic N) is 2. The second-order valence-electron chi connectivity index (χ2n) is 12.0. The highest BCUT2D eigenvalue weighted by Crippen LogP contribution is 2.24. The van der Waals surface area contributed by atoms with E-state index in [-0.39, 0.29) is 24.0 Å². The van der Waals surface area contributed by atoms with Gasteiger partial charge in [-0.25, -0.2) is 4.79 Å². The number of hydrogen-bond donors (Lipinski definition) is 1. The minimum atomic E-state index is -5.09. The van der Waals surface area contributed by atoms with Crippen LogP contribution in [0.25, 0.3) is 11.1 Å². The van der Waals surface area contributed by atoms with Gasteiger partial charge in [0, 0.05) is 36.2 Å². The zero-order chi connectivity index (χ0) is 34.8. The molecule has 1 aliphatic rings. The molecular weight excluding hydrogens is 699 g/mol. The first kappa shape index (κ1) is 35.8. The number of ether oxygens (including phenoxy) is 1. The van der Waals surface area contributed by atoms with Gasteiger partial charge in [-0.1, -0.05) is 70.5 Å². The van der Waals surface area contributed by atoms with E-state index < -0.39 is 12.1 Å². The van der Waals surface area contributed by atoms with Crippen LogP contribution in [0.3, 0.4) is 0 Å². The van der Waals surface area contributed by atoms with Crippen molar-refractivity contribution < 1.29 is 32.3 Å². The van der Waals surface area contributed by atoms with Gasteiger partial charge in [0.2, 0.25) is 5.91 Å². The van der Waals surface area contributed by atoms with E-state index in [4.69, 9.17) is 0 Å². The number of carbonyl (C=O) groups excluding carboxylic acids is 3. The number of likely N-dealkylation sites (tertiary alicyclic amines) is 1. The number of alkyl halides is 3. The summed E-state index contributed by atoms with van der Waals surface area (Å²) in [5.41, 5.74) is 4.88. The smallest absolute Gasteiger partial charge is 0.420 e. The Morgan fingerprint density at radius 1 is 0.816 bits per heavy atom. The lowest BCUT2D eigenvalue weighted by Crippen LogP contribution is -2.33. The van der Waals surface area contributed by atoms with Crippen molar-refractivity contribution in [3.05, 3.63) is 124 Å². The number of nitrogens with one attached hydrogen (secondary N) is 1. The summed E-state index contributed by atoms with van der Waals surface area (Å²) in [5, 5.41) is 3.03. The molecule has 2 amide bonds. The van der Waals surface area contributed by atoms with Crippen molar-refractivity contribution in [2.75, 3.05) is 32.7 Å². The van der Waals surface area contributed by atoms with Crippen LogP contribution in [0, 0.1) is 0 Å². The van der Waals surface area contributed by atoms with E-state index in [2.05, 4.69) is 30.9 Å². The Kier molecular flexibility index (Phi) is 12.2. The Balaban J connectivity index is 1.27. The van der Waals surface area contributed by atoms with Crippen LogP contribution >= 0.6 is 15.9 Å². The summed E-state index contributed by atoms with van der Waals surface area (Å²) in [6.45, 7) is 4.25. The summed E-state index contributed by atoms with van der Waals surface area (Å²) in [5.74, 6) is -2.70. The fourth-order valence-electron chi connectivity index (χ4n) is 5.72. The molecule has 0 spiro atoms. The van der Waals surface area contributed by atoms with Crippen molar-refractivity contribution in [1.29, 1.82) is 0 Å². The first-order chi connectivity index (χ1) is 23.5. The molecule has 0 radical (unpaired) electrons. The molecule has 1 saturated heterocycles. The Morgan fingerprint density at radius 3 is 2.20 bits per heavy atom. The molecule has 0 saturated carbocycles. The van der Waals surface area contributed by atoms with Crippen LogP contribution in [0.2, 0.25) is 0 Å². The summed E-state index contributed by atoms with van der Waals surface area (Å²) in [7, 11) is 0. The molecule has 256 valence electrons. The number of benzene rings is 4. The minimum absolute atomic E-state index is 0.0909. The third kappa shape index (κ3) is 10.8. The van der Waals surface area contributed by atoms with E-state index in [1.165, 1.54) is 25.0 Å². The fraction of sp³-hybridized carbons (Fsp3) is 0.289. The van der Waals surface area contributed by atoms with Crippen molar-refractivity contribution in [2.45, 2.75) is 38.4 Å². The Labute approximate surface area is 292 Å². The molecule has 7 nitrogen and oxygen atoms in total. The quantitative estimate of drug-likeness (QED) is 0.116. The van der Waals surface area contributed by atoms with Crippen LogP contribution in [0.4, 0.5) is 13.2 Å². The maximum atomic E-state index is 13.7. The maximum Gasteiger partial charge on any atom is 0.491 e. The van der Waals surface area contributed by atoms with E-state index in [9.17, 15) is 27.6 Å². The highest BCUT2D eigenvalue weighted by molar-refractivity contribution is 9.10. The van der Waals surface area contributed by atoms with Gasteiger partial charge in [-0.05, 0) is 103 Å². The van der Waals surface area contributed by atoms with Crippen LogP contribution < -0.4 is 10.1 Å². The van der Waals surface area contributed by atoms with Crippen LogP contribution in [0.5, 0.6) is 5.75 Å². The van der Waals surface area contributed by atoms with Crippen LogP contribution in [-0.4, -0.2) is 66.5 Å². The van der Waals surface area contributed by atoms with E-state index in [1.807, 2.05) is 66.7 Å². The molecule has 0 bridgehead atoms. The predicted molar refractivity (Wildman–Crippen MR) is 185 cm³/mol. The van der Waals surface area contributed by atoms with Crippen LogP contribution in [0.15, 0.2) is 102 Å². The molecule has 11 heteroatoms. The molecule has 0 unspecified atom stereocenters. The lowest BCUT2D eigenvalue weighted by atomic mass is 10.0. The summed E-state index contributed by atoms with van der Waals surface area (Å²) in [6, 6.07) is 28.6. The minimum Gasteiger partial charge on any atom is -0.420 e. The number of hydrogen-bond acceptors (Lipinski definition) is 5. The number of carbonyl (C=O) groups is 3. The first-order valence-corrected chi connectivity index (χ1v) is 16.9. The number of amides is 2. The van der Waals surface area contributed by atoms with Gasteiger partial charge < -0.3 is 19.9 Å². The molecule has 1 aliphatic heterocycles. The zero-order valence-corrected chi connectivity index (χ0v) is 28.4. The van der Waals surface area contributed by atoms with Gasteiger partial charge in [-0.2, -0.15) is 13.2 Å². The molecule has 0 aromatic heterocycles. The van der Waals surface area contributed by atoms with Gasteiger partial charge in [-0.3, -0.25) is 9.59 Å². The van der Waals surface area contributed by atoms with Crippen molar-refractivity contribution in [3.8, 4) is 16.9 Å². The monoisotopic (exact) mass is 735 g/mol. The summed E-state index contributed by atoms with van der Waals surface area (Å²) in [4.78, 5) is 41.9. The molecular formula is C38H37BrF3N3O4. The zero-order valence-electron chi connectivity index (χ0n) is 26.8. The number of esters is 1. The highest BCUT2D eigenvalue weighted by Gasteiger charge is 2.41. The standard InChI is InChI=1S/C38H37BrF3N3O4/c39-33-11-4-6-28(23-33)24-35(46)45(20-16-27-12-14-34(15-13-27)49-37(48)38(40,41)42)26-29-7-3-8-30(22-29)31-9-5-10-32(25-31)36(47)43-17-21-44-18-1-2-19-44/h3-15,22-23,25H,1-2,16-21,24,26H2,(H,43,47). The summed E-state index contributed by atoms with van der Waals surface area (Å²) >= 11 is 3.46. The lowest BCUT2D eigenvalue weighted by molar-refractivity contribution is -0.189. The van der Waals surface area contributed by atoms with E-state index >= 15 is 0 Å². The normalized spacial score (nSPS) is 13.2. The van der Waals surface area contributed by atoms with Crippen molar-refractivity contribution in [2.24, 2.45) is 0 Å². The van der Waals surface area contributed by atoms with Gasteiger partial charge >= 0.3 is 12.1 Å². The molecule has 1 N–H and O–H groups in total. The molecule has 49 heavy (non-hydrogen) atoms. The maximum absolute atomic E-state index is 13.7. The van der Waals surface area contributed by atoms with Crippen molar-refractivity contribution in [1.82, 2.24) is 15.1 Å². The number of rotatable bonds is 13. The largest absolute Gasteiger partial charge is 0.491 e. The predicted octanol–water partition coefficient (Wildman–Crippen LogP) is 7.22. The third-order valence-corrected chi connectivity index (χ3v) is 8.80. The van der Waals surface area contributed by atoms with Crippen LogP contribution in [0.1, 0.15) is 39.9 Å².